The highest BCUT2D eigenvalue weighted by atomic mass is 32.1. The molecule has 0 amide bonds. The van der Waals surface area contributed by atoms with Gasteiger partial charge >= 0.3 is 0 Å². The van der Waals surface area contributed by atoms with Gasteiger partial charge in [0.05, 0.1) is 37.0 Å². The molecule has 6 nitrogen and oxygen atoms in total. The molecule has 1 aliphatic rings. The van der Waals surface area contributed by atoms with E-state index in [4.69, 9.17) is 26.7 Å². The molecule has 0 saturated carbocycles. The van der Waals surface area contributed by atoms with Crippen LogP contribution in [0.5, 0.6) is 11.5 Å². The van der Waals surface area contributed by atoms with Gasteiger partial charge in [0.2, 0.25) is 5.78 Å². The van der Waals surface area contributed by atoms with Crippen LogP contribution in [0.1, 0.15) is 24.2 Å². The van der Waals surface area contributed by atoms with Crippen molar-refractivity contribution < 1.29 is 9.47 Å². The highest BCUT2D eigenvalue weighted by molar-refractivity contribution is 7.80. The van der Waals surface area contributed by atoms with Gasteiger partial charge < -0.3 is 14.8 Å². The van der Waals surface area contributed by atoms with Gasteiger partial charge in [0.15, 0.2) is 5.11 Å². The molecule has 37 heavy (non-hydrogen) atoms. The molecule has 0 unspecified atom stereocenters. The van der Waals surface area contributed by atoms with Crippen LogP contribution in [0.25, 0.3) is 28.3 Å². The number of rotatable bonds is 5. The lowest BCUT2D eigenvalue weighted by molar-refractivity contribution is 0.415. The van der Waals surface area contributed by atoms with Crippen LogP contribution in [0.15, 0.2) is 78.9 Å². The lowest BCUT2D eigenvalue weighted by Gasteiger charge is -2.14. The number of thiocarbonyl (C=S) groups is 1. The summed E-state index contributed by atoms with van der Waals surface area (Å²) in [6.07, 6.45) is 4.16. The van der Waals surface area contributed by atoms with Crippen molar-refractivity contribution in [2.45, 2.75) is 25.7 Å². The van der Waals surface area contributed by atoms with Crippen molar-refractivity contribution in [1.82, 2.24) is 14.0 Å². The van der Waals surface area contributed by atoms with Crippen molar-refractivity contribution in [2.75, 3.05) is 19.5 Å². The molecule has 0 radical (unpaired) electrons. The van der Waals surface area contributed by atoms with Crippen molar-refractivity contribution in [2.24, 2.45) is 0 Å². The first-order chi connectivity index (χ1) is 18.2. The number of hydrogen-bond donors (Lipinski definition) is 1. The molecule has 5 aromatic rings. The summed E-state index contributed by atoms with van der Waals surface area (Å²) < 4.78 is 15.1. The average Bonchev–Trinajstić information content (AvgIpc) is 3.37. The van der Waals surface area contributed by atoms with Crippen molar-refractivity contribution in [3.05, 3.63) is 90.3 Å². The summed E-state index contributed by atoms with van der Waals surface area (Å²) in [5, 5.41) is 4.02. The maximum Gasteiger partial charge on any atom is 0.222 e. The molecule has 0 bridgehead atoms. The molecular weight excluding hydrogens is 480 g/mol. The molecule has 6 rings (SSSR count). The number of benzene rings is 3. The minimum absolute atomic E-state index is 0.582. The smallest absolute Gasteiger partial charge is 0.222 e. The summed E-state index contributed by atoms with van der Waals surface area (Å²) in [7, 11) is 3.35. The van der Waals surface area contributed by atoms with E-state index in [-0.39, 0.29) is 0 Å². The van der Waals surface area contributed by atoms with Gasteiger partial charge in [0.25, 0.3) is 0 Å². The Morgan fingerprint density at radius 2 is 1.41 bits per heavy atom. The molecule has 186 valence electrons. The van der Waals surface area contributed by atoms with E-state index in [9.17, 15) is 0 Å². The Kier molecular flexibility index (Phi) is 6.14. The number of nitrogens with zero attached hydrogens (tertiary/aromatic N) is 3. The monoisotopic (exact) mass is 508 g/mol. The van der Waals surface area contributed by atoms with Crippen LogP contribution in [0.3, 0.4) is 0 Å². The number of hydrogen-bond acceptors (Lipinski definition) is 4. The van der Waals surface area contributed by atoms with E-state index in [2.05, 4.69) is 50.7 Å². The second-order valence-electron chi connectivity index (χ2n) is 9.13. The Balaban J connectivity index is 1.55. The van der Waals surface area contributed by atoms with Crippen molar-refractivity contribution in [1.29, 1.82) is 0 Å². The fourth-order valence-corrected chi connectivity index (χ4v) is 5.46. The summed E-state index contributed by atoms with van der Waals surface area (Å²) in [5.74, 6) is 2.47. The Bertz CT molecular complexity index is 1570. The Labute approximate surface area is 221 Å². The quantitative estimate of drug-likeness (QED) is 0.271. The molecule has 7 heteroatoms. The molecular formula is C30H28N4O2S. The van der Waals surface area contributed by atoms with E-state index in [1.54, 1.807) is 14.2 Å². The highest BCUT2D eigenvalue weighted by Gasteiger charge is 2.28. The fourth-order valence-electron chi connectivity index (χ4n) is 5.17. The minimum atomic E-state index is 0.582. The van der Waals surface area contributed by atoms with Gasteiger partial charge in [-0.3, -0.25) is 8.97 Å². The molecule has 3 aromatic carbocycles. The molecule has 1 aliphatic heterocycles. The summed E-state index contributed by atoms with van der Waals surface area (Å²) in [4.78, 5) is 5.23. The predicted molar refractivity (Wildman–Crippen MR) is 152 cm³/mol. The van der Waals surface area contributed by atoms with Crippen LogP contribution < -0.4 is 14.8 Å². The highest BCUT2D eigenvalue weighted by Crippen LogP contribution is 2.37. The number of imidazole rings is 2. The van der Waals surface area contributed by atoms with Gasteiger partial charge in [-0.25, -0.2) is 4.98 Å². The van der Waals surface area contributed by atoms with E-state index in [0.29, 0.717) is 5.11 Å². The van der Waals surface area contributed by atoms with E-state index in [0.717, 1.165) is 71.2 Å². The predicted octanol–water partition coefficient (Wildman–Crippen LogP) is 6.61. The first kappa shape index (κ1) is 23.3. The number of anilines is 1. The number of methoxy groups -OCH3 is 2. The zero-order valence-corrected chi connectivity index (χ0v) is 21.7. The van der Waals surface area contributed by atoms with Crippen LogP contribution in [-0.2, 0) is 12.8 Å². The largest absolute Gasteiger partial charge is 0.497 e. The first-order valence-corrected chi connectivity index (χ1v) is 12.9. The van der Waals surface area contributed by atoms with Crippen LogP contribution in [0, 0.1) is 0 Å². The Morgan fingerprint density at radius 1 is 0.784 bits per heavy atom. The van der Waals surface area contributed by atoms with Gasteiger partial charge in [0.1, 0.15) is 11.5 Å². The summed E-state index contributed by atoms with van der Waals surface area (Å²) >= 11 is 6.05. The topological polar surface area (TPSA) is 52.7 Å². The third-order valence-corrected chi connectivity index (χ3v) is 7.24. The van der Waals surface area contributed by atoms with E-state index in [1.807, 2.05) is 42.5 Å². The average molecular weight is 509 g/mol. The third kappa shape index (κ3) is 4.15. The molecule has 0 saturated heterocycles. The third-order valence-electron chi connectivity index (χ3n) is 6.95. The van der Waals surface area contributed by atoms with Crippen molar-refractivity contribution >= 4 is 28.8 Å². The van der Waals surface area contributed by atoms with E-state index in [1.165, 1.54) is 11.4 Å². The molecule has 0 aliphatic carbocycles. The Hall–Kier alpha value is -4.10. The summed E-state index contributed by atoms with van der Waals surface area (Å²) in [6.45, 7) is 0. The second kappa shape index (κ2) is 9.75. The number of aryl methyl sites for hydroxylation is 2. The number of ether oxygens (including phenoxy) is 2. The normalized spacial score (nSPS) is 12.8. The zero-order valence-electron chi connectivity index (χ0n) is 20.9. The Morgan fingerprint density at radius 3 is 2.05 bits per heavy atom. The molecule has 0 fully saturated rings. The van der Waals surface area contributed by atoms with Gasteiger partial charge in [0, 0.05) is 16.8 Å². The van der Waals surface area contributed by atoms with Crippen LogP contribution in [0.4, 0.5) is 5.69 Å². The van der Waals surface area contributed by atoms with Gasteiger partial charge in [-0.2, -0.15) is 0 Å². The van der Waals surface area contributed by atoms with Crippen LogP contribution in [-0.4, -0.2) is 33.3 Å². The standard InChI is InChI=1S/C30H28N4O2S/c1-35-23-16-12-20(13-17-23)27-25-10-6-7-11-26-28(21-8-4-3-5-9-21)34(29(32-27)33(25)26)30(37)31-22-14-18-24(36-2)19-15-22/h3-5,8-9,12-19H,6-7,10-11H2,1-2H3,(H,31,37). The first-order valence-electron chi connectivity index (χ1n) is 12.5. The molecule has 0 spiro atoms. The summed E-state index contributed by atoms with van der Waals surface area (Å²) in [6, 6.07) is 26.4. The molecule has 0 atom stereocenters. The maximum atomic E-state index is 6.05. The molecule has 3 heterocycles. The van der Waals surface area contributed by atoms with Gasteiger partial charge in [-0.15, -0.1) is 0 Å². The molecule has 1 N–H and O–H groups in total. The maximum absolute atomic E-state index is 6.05. The SMILES string of the molecule is COc1ccc(NC(=S)n2c(-c3ccccc3)c3n4c(c(-c5ccc(OC)cc5)nc24)CCCC3)cc1. The lowest BCUT2D eigenvalue weighted by Crippen LogP contribution is -2.20. The second-order valence-corrected chi connectivity index (χ2v) is 9.52. The van der Waals surface area contributed by atoms with Crippen molar-refractivity contribution in [3.63, 3.8) is 0 Å². The van der Waals surface area contributed by atoms with Crippen molar-refractivity contribution in [3.8, 4) is 34.0 Å². The van der Waals surface area contributed by atoms with Gasteiger partial charge in [-0.1, -0.05) is 30.3 Å². The van der Waals surface area contributed by atoms with E-state index >= 15 is 0 Å². The van der Waals surface area contributed by atoms with Crippen LogP contribution in [0.2, 0.25) is 0 Å². The lowest BCUT2D eigenvalue weighted by atomic mass is 10.1. The fraction of sp³-hybridized carbons (Fsp3) is 0.200. The minimum Gasteiger partial charge on any atom is -0.497 e. The van der Waals surface area contributed by atoms with Gasteiger partial charge in [-0.05, 0) is 86.4 Å². The number of aromatic nitrogens is 3. The zero-order chi connectivity index (χ0) is 25.4. The molecule has 2 aromatic heterocycles. The summed E-state index contributed by atoms with van der Waals surface area (Å²) in [5.41, 5.74) is 7.68. The van der Waals surface area contributed by atoms with Crippen LogP contribution >= 0.6 is 12.2 Å². The number of nitrogens with one attached hydrogen (secondary N) is 1. The van der Waals surface area contributed by atoms with E-state index < -0.39 is 0 Å².